The molecule has 0 bridgehead atoms. The van der Waals surface area contributed by atoms with Gasteiger partial charge in [0.2, 0.25) is 0 Å². The maximum absolute atomic E-state index is 16.2. The van der Waals surface area contributed by atoms with Crippen LogP contribution in [0.15, 0.2) is 49.1 Å². The Kier molecular flexibility index (Phi) is 6.60. The van der Waals surface area contributed by atoms with Gasteiger partial charge in [-0.2, -0.15) is 5.10 Å². The maximum atomic E-state index is 16.2. The smallest absolute Gasteiger partial charge is 0.184 e. The van der Waals surface area contributed by atoms with E-state index < -0.39 is 5.82 Å². The van der Waals surface area contributed by atoms with Crippen molar-refractivity contribution in [3.8, 4) is 33.1 Å². The summed E-state index contributed by atoms with van der Waals surface area (Å²) in [6, 6.07) is 7.54. The molecule has 6 aromatic rings. The number of hydrogen-bond donors (Lipinski definition) is 3. The van der Waals surface area contributed by atoms with Crippen LogP contribution in [0.5, 0.6) is 0 Å². The molecule has 206 valence electrons. The maximum Gasteiger partial charge on any atom is 0.184 e. The lowest BCUT2D eigenvalue weighted by molar-refractivity contribution is 0.102. The molecule has 9 nitrogen and oxygen atoms in total. The molecule has 7 rings (SSSR count). The van der Waals surface area contributed by atoms with Gasteiger partial charge in [0.25, 0.3) is 0 Å². The summed E-state index contributed by atoms with van der Waals surface area (Å²) in [5.41, 5.74) is 4.64. The van der Waals surface area contributed by atoms with E-state index in [1.807, 2.05) is 30.5 Å². The van der Waals surface area contributed by atoms with Crippen molar-refractivity contribution in [2.75, 3.05) is 6.54 Å². The van der Waals surface area contributed by atoms with Crippen LogP contribution < -0.4 is 5.32 Å². The lowest BCUT2D eigenvalue weighted by atomic mass is 10.0. The number of carbonyl (C=O) groups is 1. The highest BCUT2D eigenvalue weighted by molar-refractivity contribution is 7.17. The van der Waals surface area contributed by atoms with E-state index in [1.54, 1.807) is 19.3 Å². The summed E-state index contributed by atoms with van der Waals surface area (Å²) in [5, 5.41) is 10.9. The van der Waals surface area contributed by atoms with E-state index in [2.05, 4.69) is 40.4 Å². The molecule has 0 amide bonds. The fourth-order valence-corrected chi connectivity index (χ4v) is 6.53. The molecule has 0 radical (unpaired) electrons. The van der Waals surface area contributed by atoms with Crippen molar-refractivity contribution < 1.29 is 9.18 Å². The normalized spacial score (nSPS) is 14.0. The standard InChI is InChI=1S/C30H27FN8OS/c1-16(40)22-6-7-23(41-22)20-8-9-34-29-26(20)36-30(37-29)27-24-25(31)21(15-35-28(24)39-38-27)19-10-18(13-33-14-19)12-32-11-17-4-2-3-5-17/h6-10,13-15,17,32H,2-5,11-12H2,1H3,(H,34,36,37)(H,35,38,39). The van der Waals surface area contributed by atoms with Gasteiger partial charge >= 0.3 is 0 Å². The number of aromatic nitrogens is 7. The molecule has 11 heteroatoms. The Bertz CT molecular complexity index is 1900. The largest absolute Gasteiger partial charge is 0.335 e. The number of hydrogen-bond acceptors (Lipinski definition) is 8. The molecule has 0 aromatic carbocycles. The molecule has 1 saturated carbocycles. The molecule has 0 unspecified atom stereocenters. The van der Waals surface area contributed by atoms with Crippen LogP contribution in [-0.4, -0.2) is 47.4 Å². The number of aromatic amines is 2. The Morgan fingerprint density at radius 2 is 1.98 bits per heavy atom. The number of imidazole rings is 1. The molecule has 41 heavy (non-hydrogen) atoms. The highest BCUT2D eigenvalue weighted by Gasteiger charge is 2.22. The van der Waals surface area contributed by atoms with Crippen molar-refractivity contribution in [2.24, 2.45) is 5.92 Å². The number of thiophene rings is 1. The predicted octanol–water partition coefficient (Wildman–Crippen LogP) is 6.31. The van der Waals surface area contributed by atoms with E-state index in [4.69, 9.17) is 0 Å². The van der Waals surface area contributed by atoms with Crippen LogP contribution >= 0.6 is 11.3 Å². The minimum Gasteiger partial charge on any atom is -0.335 e. The second kappa shape index (κ2) is 10.6. The Hall–Kier alpha value is -4.35. The molecule has 0 spiro atoms. The Labute approximate surface area is 238 Å². The molecular weight excluding hydrogens is 539 g/mol. The predicted molar refractivity (Wildman–Crippen MR) is 157 cm³/mol. The lowest BCUT2D eigenvalue weighted by Gasteiger charge is -2.11. The number of rotatable bonds is 8. The van der Waals surface area contributed by atoms with Gasteiger partial charge in [0.05, 0.1) is 15.8 Å². The van der Waals surface area contributed by atoms with E-state index >= 15 is 4.39 Å². The third-order valence-electron chi connectivity index (χ3n) is 7.71. The number of nitrogens with zero attached hydrogens (tertiary/aromatic N) is 5. The fourth-order valence-electron chi connectivity index (χ4n) is 5.60. The number of fused-ring (bicyclic) bond motifs is 2. The lowest BCUT2D eigenvalue weighted by Crippen LogP contribution is -2.20. The van der Waals surface area contributed by atoms with Gasteiger partial charge in [-0.3, -0.25) is 14.9 Å². The highest BCUT2D eigenvalue weighted by atomic mass is 32.1. The first-order chi connectivity index (χ1) is 20.0. The van der Waals surface area contributed by atoms with Crippen molar-refractivity contribution >= 4 is 39.3 Å². The zero-order valence-corrected chi connectivity index (χ0v) is 23.2. The molecule has 3 N–H and O–H groups in total. The van der Waals surface area contributed by atoms with Crippen LogP contribution in [0, 0.1) is 11.7 Å². The third-order valence-corrected chi connectivity index (χ3v) is 8.93. The molecule has 6 aromatic heterocycles. The zero-order chi connectivity index (χ0) is 27.9. The second-order valence-electron chi connectivity index (χ2n) is 10.5. The average molecular weight is 567 g/mol. The Morgan fingerprint density at radius 3 is 2.80 bits per heavy atom. The minimum absolute atomic E-state index is 0.0145. The monoisotopic (exact) mass is 566 g/mol. The number of Topliss-reactive ketones (excluding diaryl/α,β-unsaturated/α-hetero) is 1. The van der Waals surface area contributed by atoms with Crippen molar-refractivity contribution in [3.63, 3.8) is 0 Å². The first-order valence-electron chi connectivity index (χ1n) is 13.7. The summed E-state index contributed by atoms with van der Waals surface area (Å²) in [6.07, 6.45) is 11.8. The number of halogens is 1. The van der Waals surface area contributed by atoms with Crippen LogP contribution in [0.1, 0.15) is 47.8 Å². The van der Waals surface area contributed by atoms with Gasteiger partial charge in [-0.05, 0) is 62.1 Å². The molecule has 1 fully saturated rings. The van der Waals surface area contributed by atoms with Gasteiger partial charge in [0, 0.05) is 52.9 Å². The molecule has 0 aliphatic heterocycles. The van der Waals surface area contributed by atoms with Crippen molar-refractivity contribution in [3.05, 3.63) is 65.3 Å². The van der Waals surface area contributed by atoms with Crippen LogP contribution in [0.2, 0.25) is 0 Å². The Balaban J connectivity index is 1.23. The van der Waals surface area contributed by atoms with Crippen LogP contribution in [0.3, 0.4) is 0 Å². The molecule has 0 saturated heterocycles. The van der Waals surface area contributed by atoms with Gasteiger partial charge in [0.1, 0.15) is 11.5 Å². The topological polar surface area (TPSA) is 125 Å². The van der Waals surface area contributed by atoms with Gasteiger partial charge in [-0.1, -0.05) is 12.8 Å². The average Bonchev–Trinajstić information content (AvgIpc) is 3.79. The van der Waals surface area contributed by atoms with Gasteiger partial charge in [0.15, 0.2) is 22.9 Å². The third kappa shape index (κ3) is 4.81. The van der Waals surface area contributed by atoms with Crippen LogP contribution in [-0.2, 0) is 6.54 Å². The molecule has 0 atom stereocenters. The summed E-state index contributed by atoms with van der Waals surface area (Å²) in [5.74, 6) is 0.699. The van der Waals surface area contributed by atoms with E-state index in [9.17, 15) is 4.79 Å². The summed E-state index contributed by atoms with van der Waals surface area (Å²) in [7, 11) is 0. The van der Waals surface area contributed by atoms with Gasteiger partial charge in [-0.25, -0.2) is 19.3 Å². The fraction of sp³-hybridized carbons (Fsp3) is 0.267. The number of ketones is 1. The highest BCUT2D eigenvalue weighted by Crippen LogP contribution is 2.36. The minimum atomic E-state index is -0.449. The molecule has 1 aliphatic carbocycles. The summed E-state index contributed by atoms with van der Waals surface area (Å²) in [4.78, 5) is 34.6. The van der Waals surface area contributed by atoms with E-state index in [-0.39, 0.29) is 16.8 Å². The quantitative estimate of drug-likeness (QED) is 0.184. The van der Waals surface area contributed by atoms with Crippen LogP contribution in [0.25, 0.3) is 55.3 Å². The van der Waals surface area contributed by atoms with E-state index in [1.165, 1.54) is 43.2 Å². The van der Waals surface area contributed by atoms with Crippen LogP contribution in [0.4, 0.5) is 4.39 Å². The SMILES string of the molecule is CC(=O)c1ccc(-c2ccnc3nc(-c4[nH]nc5ncc(-c6cncc(CNCC7CCCC7)c6)c(F)c45)[nH]c23)s1. The summed E-state index contributed by atoms with van der Waals surface area (Å²) < 4.78 is 16.2. The summed E-state index contributed by atoms with van der Waals surface area (Å²) in [6.45, 7) is 3.22. The van der Waals surface area contributed by atoms with Gasteiger partial charge in [-0.15, -0.1) is 11.3 Å². The first kappa shape index (κ1) is 25.6. The van der Waals surface area contributed by atoms with E-state index in [0.29, 0.717) is 45.2 Å². The number of nitrogens with one attached hydrogen (secondary N) is 3. The Morgan fingerprint density at radius 1 is 1.10 bits per heavy atom. The van der Waals surface area contributed by atoms with Crippen molar-refractivity contribution in [1.29, 1.82) is 0 Å². The first-order valence-corrected chi connectivity index (χ1v) is 14.5. The number of carbonyl (C=O) groups excluding carboxylic acids is 1. The molecule has 6 heterocycles. The molecular formula is C30H27FN8OS. The van der Waals surface area contributed by atoms with Crippen molar-refractivity contribution in [1.82, 2.24) is 40.4 Å². The second-order valence-corrected chi connectivity index (χ2v) is 11.6. The summed E-state index contributed by atoms with van der Waals surface area (Å²) >= 11 is 1.41. The van der Waals surface area contributed by atoms with Crippen molar-refractivity contribution in [2.45, 2.75) is 39.2 Å². The number of pyridine rings is 3. The number of H-pyrrole nitrogens is 2. The molecule has 1 aliphatic rings. The van der Waals surface area contributed by atoms with E-state index in [0.717, 1.165) is 28.5 Å². The zero-order valence-electron chi connectivity index (χ0n) is 22.4. The van der Waals surface area contributed by atoms with Gasteiger partial charge < -0.3 is 10.3 Å².